The summed E-state index contributed by atoms with van der Waals surface area (Å²) in [7, 11) is -2.49. The Hall–Kier alpha value is -3.33. The van der Waals surface area contributed by atoms with E-state index in [1.165, 1.54) is 31.4 Å². The highest BCUT2D eigenvalue weighted by atomic mass is 32.2. The van der Waals surface area contributed by atoms with Crippen molar-refractivity contribution in [3.8, 4) is 5.75 Å². The third-order valence-electron chi connectivity index (χ3n) is 3.76. The van der Waals surface area contributed by atoms with E-state index < -0.39 is 16.0 Å². The van der Waals surface area contributed by atoms with Crippen LogP contribution >= 0.6 is 0 Å². The molecule has 0 spiro atoms. The molecule has 0 saturated carbocycles. The molecule has 8 nitrogen and oxygen atoms in total. The minimum Gasteiger partial charge on any atom is -0.495 e. The number of nitrogens with zero attached hydrogens (tertiary/aromatic N) is 1. The molecule has 0 fully saturated rings. The fraction of sp³-hybridized carbons (Fsp3) is 0.158. The molecular weight excluding hydrogens is 384 g/mol. The summed E-state index contributed by atoms with van der Waals surface area (Å²) in [6.07, 6.45) is 0. The van der Waals surface area contributed by atoms with E-state index in [9.17, 15) is 13.2 Å². The summed E-state index contributed by atoms with van der Waals surface area (Å²) in [4.78, 5) is 12.2. The van der Waals surface area contributed by atoms with Crippen LogP contribution in [0.25, 0.3) is 0 Å². The van der Waals surface area contributed by atoms with E-state index in [0.717, 1.165) is 0 Å². The highest BCUT2D eigenvalue weighted by Gasteiger charge is 2.19. The molecule has 0 aliphatic rings. The number of para-hydroxylation sites is 2. The zero-order chi connectivity index (χ0) is 20.1. The number of benzene rings is 2. The fourth-order valence-corrected chi connectivity index (χ4v) is 3.55. The lowest BCUT2D eigenvalue weighted by molar-refractivity contribution is 0.0464. The molecule has 146 valence electrons. The van der Waals surface area contributed by atoms with E-state index in [4.69, 9.17) is 14.0 Å². The first-order chi connectivity index (χ1) is 13.4. The van der Waals surface area contributed by atoms with Crippen molar-refractivity contribution in [2.75, 3.05) is 11.8 Å². The number of ether oxygens (including phenoxy) is 2. The van der Waals surface area contributed by atoms with Gasteiger partial charge < -0.3 is 14.0 Å². The number of aromatic nitrogens is 1. The van der Waals surface area contributed by atoms with Crippen molar-refractivity contribution in [3.05, 3.63) is 71.6 Å². The number of rotatable bonds is 7. The summed E-state index contributed by atoms with van der Waals surface area (Å²) in [6.45, 7) is 1.65. The lowest BCUT2D eigenvalue weighted by atomic mass is 10.2. The van der Waals surface area contributed by atoms with Gasteiger partial charge in [-0.3, -0.25) is 4.72 Å². The minimum absolute atomic E-state index is 0.0768. The lowest BCUT2D eigenvalue weighted by Gasteiger charge is -2.12. The molecule has 0 amide bonds. The smallest absolute Gasteiger partial charge is 0.338 e. The number of nitrogens with one attached hydrogen (secondary N) is 1. The standard InChI is InChI=1S/C19H18N2O6S/c1-13-10-15(20-27-13)12-26-19(22)14-6-5-7-16(11-14)28(23,24)21-17-8-3-4-9-18(17)25-2/h3-11,21H,12H2,1-2H3. The van der Waals surface area contributed by atoms with Crippen LogP contribution in [0, 0.1) is 6.92 Å². The fourth-order valence-electron chi connectivity index (χ4n) is 2.43. The summed E-state index contributed by atoms with van der Waals surface area (Å²) >= 11 is 0. The van der Waals surface area contributed by atoms with Gasteiger partial charge in [-0.25, -0.2) is 13.2 Å². The number of aryl methyl sites for hydroxylation is 1. The van der Waals surface area contributed by atoms with Crippen molar-refractivity contribution >= 4 is 21.7 Å². The molecule has 2 aromatic carbocycles. The van der Waals surface area contributed by atoms with Gasteiger partial charge >= 0.3 is 5.97 Å². The Balaban J connectivity index is 1.76. The first-order valence-corrected chi connectivity index (χ1v) is 9.72. The van der Waals surface area contributed by atoms with E-state index in [-0.39, 0.29) is 17.1 Å². The van der Waals surface area contributed by atoms with E-state index in [2.05, 4.69) is 9.88 Å². The van der Waals surface area contributed by atoms with Crippen molar-refractivity contribution in [1.29, 1.82) is 0 Å². The molecule has 3 aromatic rings. The molecule has 0 aliphatic heterocycles. The second kappa shape index (κ2) is 8.13. The Morgan fingerprint density at radius 1 is 1.14 bits per heavy atom. The summed E-state index contributed by atoms with van der Waals surface area (Å²) in [6, 6.07) is 13.8. The van der Waals surface area contributed by atoms with E-state index >= 15 is 0 Å². The van der Waals surface area contributed by atoms with E-state index in [0.29, 0.717) is 22.9 Å². The second-order valence-electron chi connectivity index (χ2n) is 5.84. The Labute approximate surface area is 162 Å². The van der Waals surface area contributed by atoms with E-state index in [1.54, 1.807) is 37.3 Å². The van der Waals surface area contributed by atoms with Crippen LogP contribution in [0.2, 0.25) is 0 Å². The lowest BCUT2D eigenvalue weighted by Crippen LogP contribution is -2.14. The van der Waals surface area contributed by atoms with Gasteiger partial charge in [0.2, 0.25) is 0 Å². The summed E-state index contributed by atoms with van der Waals surface area (Å²) in [5.74, 6) is 0.307. The molecule has 0 saturated heterocycles. The molecule has 0 aliphatic carbocycles. The molecule has 0 unspecified atom stereocenters. The van der Waals surface area contributed by atoms with Gasteiger partial charge in [-0.2, -0.15) is 0 Å². The molecule has 0 radical (unpaired) electrons. The molecule has 9 heteroatoms. The largest absolute Gasteiger partial charge is 0.495 e. The van der Waals surface area contributed by atoms with Crippen molar-refractivity contribution in [3.63, 3.8) is 0 Å². The average molecular weight is 402 g/mol. The normalized spacial score (nSPS) is 11.1. The van der Waals surface area contributed by atoms with Crippen molar-refractivity contribution in [2.24, 2.45) is 0 Å². The van der Waals surface area contributed by atoms with Gasteiger partial charge in [0.05, 0.1) is 23.3 Å². The summed E-state index contributed by atoms with van der Waals surface area (Å²) in [5.41, 5.74) is 0.856. The Morgan fingerprint density at radius 2 is 1.93 bits per heavy atom. The van der Waals surface area contributed by atoms with Crippen LogP contribution in [-0.4, -0.2) is 26.7 Å². The van der Waals surface area contributed by atoms with Crippen LogP contribution in [0.15, 0.2) is 64.0 Å². The van der Waals surface area contributed by atoms with Gasteiger partial charge in [0.25, 0.3) is 10.0 Å². The predicted molar refractivity (Wildman–Crippen MR) is 101 cm³/mol. The van der Waals surface area contributed by atoms with Crippen LogP contribution < -0.4 is 9.46 Å². The van der Waals surface area contributed by atoms with Crippen LogP contribution in [-0.2, 0) is 21.4 Å². The maximum Gasteiger partial charge on any atom is 0.338 e. The molecule has 3 rings (SSSR count). The zero-order valence-corrected chi connectivity index (χ0v) is 16.0. The van der Waals surface area contributed by atoms with Gasteiger partial charge in [-0.15, -0.1) is 0 Å². The van der Waals surface area contributed by atoms with Gasteiger partial charge in [0.1, 0.15) is 23.8 Å². The number of carbonyl (C=O) groups excluding carboxylic acids is 1. The van der Waals surface area contributed by atoms with Crippen LogP contribution in [0.4, 0.5) is 5.69 Å². The van der Waals surface area contributed by atoms with Crippen molar-refractivity contribution in [1.82, 2.24) is 5.16 Å². The Bertz CT molecular complexity index is 1090. The van der Waals surface area contributed by atoms with Crippen LogP contribution in [0.3, 0.4) is 0 Å². The maximum atomic E-state index is 12.7. The first kappa shape index (κ1) is 19.4. The molecule has 1 aromatic heterocycles. The van der Waals surface area contributed by atoms with Gasteiger partial charge in [-0.1, -0.05) is 23.4 Å². The third kappa shape index (κ3) is 4.49. The number of esters is 1. The second-order valence-corrected chi connectivity index (χ2v) is 7.52. The molecule has 1 heterocycles. The first-order valence-electron chi connectivity index (χ1n) is 8.24. The number of carbonyl (C=O) groups is 1. The summed E-state index contributed by atoms with van der Waals surface area (Å²) < 4.78 is 43.0. The maximum absolute atomic E-state index is 12.7. The number of hydrogen-bond donors (Lipinski definition) is 1. The molecule has 0 atom stereocenters. The zero-order valence-electron chi connectivity index (χ0n) is 15.2. The molecule has 28 heavy (non-hydrogen) atoms. The Morgan fingerprint density at radius 3 is 2.64 bits per heavy atom. The number of hydrogen-bond acceptors (Lipinski definition) is 7. The monoisotopic (exact) mass is 402 g/mol. The SMILES string of the molecule is COc1ccccc1NS(=O)(=O)c1cccc(C(=O)OCc2cc(C)on2)c1. The van der Waals surface area contributed by atoms with Crippen LogP contribution in [0.1, 0.15) is 21.8 Å². The minimum atomic E-state index is -3.93. The van der Waals surface area contributed by atoms with Crippen LogP contribution in [0.5, 0.6) is 5.75 Å². The molecule has 1 N–H and O–H groups in total. The molecular formula is C19H18N2O6S. The molecule has 0 bridgehead atoms. The van der Waals surface area contributed by atoms with Gasteiger partial charge in [0, 0.05) is 6.07 Å². The highest BCUT2D eigenvalue weighted by Crippen LogP contribution is 2.26. The average Bonchev–Trinajstić information content (AvgIpc) is 3.11. The summed E-state index contributed by atoms with van der Waals surface area (Å²) in [5, 5.41) is 3.73. The van der Waals surface area contributed by atoms with Gasteiger partial charge in [0.15, 0.2) is 0 Å². The van der Waals surface area contributed by atoms with Crippen molar-refractivity contribution in [2.45, 2.75) is 18.4 Å². The highest BCUT2D eigenvalue weighted by molar-refractivity contribution is 7.92. The predicted octanol–water partition coefficient (Wildman–Crippen LogP) is 3.15. The Kier molecular flexibility index (Phi) is 5.65. The van der Waals surface area contributed by atoms with E-state index in [1.807, 2.05) is 0 Å². The third-order valence-corrected chi connectivity index (χ3v) is 5.12. The quantitative estimate of drug-likeness (QED) is 0.605. The van der Waals surface area contributed by atoms with Crippen molar-refractivity contribution < 1.29 is 27.2 Å². The number of anilines is 1. The van der Waals surface area contributed by atoms with Gasteiger partial charge in [-0.05, 0) is 37.3 Å². The topological polar surface area (TPSA) is 108 Å². The number of methoxy groups -OCH3 is 1. The number of sulfonamides is 1.